The van der Waals surface area contributed by atoms with Gasteiger partial charge < -0.3 is 10.3 Å². The Kier molecular flexibility index (Phi) is 5.65. The number of halogens is 2. The molecule has 1 unspecified atom stereocenters. The second-order valence-electron chi connectivity index (χ2n) is 7.77. The number of aromatic nitrogens is 4. The maximum Gasteiger partial charge on any atom is 0.312 e. The van der Waals surface area contributed by atoms with Crippen molar-refractivity contribution in [2.75, 3.05) is 18.5 Å². The van der Waals surface area contributed by atoms with Crippen molar-refractivity contribution in [1.82, 2.24) is 24.2 Å². The molecule has 1 aliphatic carbocycles. The first-order valence-electron chi connectivity index (χ1n) is 10.0. The second-order valence-corrected chi connectivity index (χ2v) is 9.81. The minimum absolute atomic E-state index is 0.0835. The van der Waals surface area contributed by atoms with Gasteiger partial charge in [0.25, 0.3) is 0 Å². The van der Waals surface area contributed by atoms with E-state index in [-0.39, 0.29) is 35.7 Å². The van der Waals surface area contributed by atoms with Gasteiger partial charge in [0, 0.05) is 13.0 Å². The van der Waals surface area contributed by atoms with Gasteiger partial charge in [-0.25, -0.2) is 22.5 Å². The van der Waals surface area contributed by atoms with Crippen LogP contribution in [0.1, 0.15) is 47.1 Å². The molecule has 4 rings (SSSR count). The highest BCUT2D eigenvalue weighted by Crippen LogP contribution is 2.36. The Morgan fingerprint density at radius 2 is 2.06 bits per heavy atom. The van der Waals surface area contributed by atoms with Crippen LogP contribution in [0.3, 0.4) is 0 Å². The fourth-order valence-electron chi connectivity index (χ4n) is 4.06. The molecule has 31 heavy (non-hydrogen) atoms. The van der Waals surface area contributed by atoms with Crippen molar-refractivity contribution in [1.29, 1.82) is 0 Å². The van der Waals surface area contributed by atoms with Gasteiger partial charge in [0.15, 0.2) is 17.0 Å². The van der Waals surface area contributed by atoms with E-state index in [0.29, 0.717) is 24.2 Å². The molecule has 1 atom stereocenters. The van der Waals surface area contributed by atoms with Gasteiger partial charge in [-0.15, -0.1) is 0 Å². The zero-order chi connectivity index (χ0) is 22.3. The molecule has 1 aliphatic rings. The Morgan fingerprint density at radius 3 is 2.81 bits per heavy atom. The summed E-state index contributed by atoms with van der Waals surface area (Å²) in [6.07, 6.45) is -0.126. The van der Waals surface area contributed by atoms with Crippen LogP contribution in [0, 0.1) is 13.0 Å². The Labute approximate surface area is 179 Å². The van der Waals surface area contributed by atoms with Gasteiger partial charge in [0.2, 0.25) is 10.0 Å². The van der Waals surface area contributed by atoms with Gasteiger partial charge >= 0.3 is 6.08 Å². The van der Waals surface area contributed by atoms with Gasteiger partial charge in [-0.2, -0.15) is 14.4 Å². The van der Waals surface area contributed by atoms with Crippen LogP contribution < -0.4 is 10.5 Å². The summed E-state index contributed by atoms with van der Waals surface area (Å²) in [6, 6.07) is 3.87. The molecule has 8 nitrogen and oxygen atoms in total. The molecule has 3 N–H and O–H groups in total. The van der Waals surface area contributed by atoms with E-state index in [0.717, 1.165) is 23.1 Å². The predicted molar refractivity (Wildman–Crippen MR) is 113 cm³/mol. The fourth-order valence-corrected chi connectivity index (χ4v) is 4.78. The first-order chi connectivity index (χ1) is 14.7. The Balaban J connectivity index is 1.73. The van der Waals surface area contributed by atoms with E-state index in [9.17, 15) is 17.2 Å². The lowest BCUT2D eigenvalue weighted by Gasteiger charge is -2.12. The molecule has 166 valence electrons. The molecule has 0 bridgehead atoms. The van der Waals surface area contributed by atoms with Gasteiger partial charge in [-0.1, -0.05) is 12.1 Å². The Morgan fingerprint density at radius 1 is 1.29 bits per heavy atom. The van der Waals surface area contributed by atoms with Crippen LogP contribution >= 0.6 is 0 Å². The molecule has 0 radical (unpaired) electrons. The first-order valence-corrected chi connectivity index (χ1v) is 11.7. The summed E-state index contributed by atoms with van der Waals surface area (Å²) in [5, 5.41) is 0. The number of nitrogen functional groups attached to an aromatic ring is 1. The lowest BCUT2D eigenvalue weighted by molar-refractivity contribution is 0.343. The molecule has 0 saturated heterocycles. The number of anilines is 1. The molecular formula is C20H24F2N6O2S. The molecule has 2 aromatic heterocycles. The molecule has 3 aromatic rings. The van der Waals surface area contributed by atoms with E-state index in [4.69, 9.17) is 5.73 Å². The van der Waals surface area contributed by atoms with Crippen LogP contribution in [-0.4, -0.2) is 40.7 Å². The summed E-state index contributed by atoms with van der Waals surface area (Å²) < 4.78 is 55.6. The van der Waals surface area contributed by atoms with E-state index >= 15 is 0 Å². The van der Waals surface area contributed by atoms with Gasteiger partial charge in [-0.3, -0.25) is 0 Å². The molecule has 2 heterocycles. The molecule has 1 aromatic carbocycles. The zero-order valence-electron chi connectivity index (χ0n) is 17.3. The van der Waals surface area contributed by atoms with E-state index < -0.39 is 22.3 Å². The third kappa shape index (κ3) is 4.24. The van der Waals surface area contributed by atoms with Crippen molar-refractivity contribution < 1.29 is 17.2 Å². The molecule has 0 saturated carbocycles. The van der Waals surface area contributed by atoms with Crippen molar-refractivity contribution in [3.05, 3.63) is 46.3 Å². The standard InChI is InChI=1S/C20H24F2N6O2S/c1-11-8-12-4-5-15(21)14(12)9-13(11)10-16-25-17-18(23)26-20(22)27-19(17)28(16)6-3-7-31(29,30)24-2/h8-9,15,24H,3-7,10H2,1-2H3,(H2,23,26,27). The van der Waals surface area contributed by atoms with E-state index in [1.165, 1.54) is 7.05 Å². The van der Waals surface area contributed by atoms with Crippen molar-refractivity contribution >= 4 is 27.0 Å². The SMILES string of the molecule is CNS(=O)(=O)CCCn1c(Cc2cc3c(cc2C)CCC3F)nc2c(N)nc(F)nc21. The van der Waals surface area contributed by atoms with Crippen LogP contribution in [0.5, 0.6) is 0 Å². The second kappa shape index (κ2) is 8.12. The lowest BCUT2D eigenvalue weighted by Crippen LogP contribution is -2.23. The number of fused-ring (bicyclic) bond motifs is 2. The summed E-state index contributed by atoms with van der Waals surface area (Å²) >= 11 is 0. The van der Waals surface area contributed by atoms with Gasteiger partial charge in [0.05, 0.1) is 5.75 Å². The summed E-state index contributed by atoms with van der Waals surface area (Å²) in [7, 11) is -2.04. The maximum atomic E-state index is 14.3. The van der Waals surface area contributed by atoms with Crippen molar-refractivity contribution in [3.8, 4) is 0 Å². The normalized spacial score (nSPS) is 16.2. The van der Waals surface area contributed by atoms with Gasteiger partial charge in [-0.05, 0) is 55.5 Å². The molecular weight excluding hydrogens is 426 g/mol. The fraction of sp³-hybridized carbons (Fsp3) is 0.450. The van der Waals surface area contributed by atoms with Gasteiger partial charge in [0.1, 0.15) is 12.0 Å². The van der Waals surface area contributed by atoms with Crippen LogP contribution in [0.2, 0.25) is 0 Å². The summed E-state index contributed by atoms with van der Waals surface area (Å²) in [4.78, 5) is 11.9. The number of alkyl halides is 1. The highest BCUT2D eigenvalue weighted by Gasteiger charge is 2.24. The number of nitrogens with one attached hydrogen (secondary N) is 1. The number of rotatable bonds is 7. The quantitative estimate of drug-likeness (QED) is 0.534. The summed E-state index contributed by atoms with van der Waals surface area (Å²) in [5.74, 6) is 0.354. The zero-order valence-corrected chi connectivity index (χ0v) is 18.1. The van der Waals surface area contributed by atoms with Crippen LogP contribution in [0.15, 0.2) is 12.1 Å². The monoisotopic (exact) mass is 450 g/mol. The third-order valence-corrected chi connectivity index (χ3v) is 7.18. The predicted octanol–water partition coefficient (Wildman–Crippen LogP) is 2.34. The number of imidazole rings is 1. The number of benzene rings is 1. The Hall–Kier alpha value is -2.66. The highest BCUT2D eigenvalue weighted by atomic mass is 32.2. The van der Waals surface area contributed by atoms with E-state index in [1.807, 2.05) is 19.1 Å². The number of sulfonamides is 1. The first kappa shape index (κ1) is 21.6. The van der Waals surface area contributed by atoms with Crippen molar-refractivity contribution in [2.24, 2.45) is 0 Å². The maximum absolute atomic E-state index is 14.3. The largest absolute Gasteiger partial charge is 0.382 e. The molecule has 11 heteroatoms. The molecule has 0 spiro atoms. The number of hydrogen-bond donors (Lipinski definition) is 2. The highest BCUT2D eigenvalue weighted by molar-refractivity contribution is 7.89. The topological polar surface area (TPSA) is 116 Å². The van der Waals surface area contributed by atoms with E-state index in [1.54, 1.807) is 4.57 Å². The van der Waals surface area contributed by atoms with E-state index in [2.05, 4.69) is 19.7 Å². The van der Waals surface area contributed by atoms with Crippen LogP contribution in [0.25, 0.3) is 11.2 Å². The number of nitrogens with two attached hydrogens (primary N) is 1. The number of hydrogen-bond acceptors (Lipinski definition) is 6. The summed E-state index contributed by atoms with van der Waals surface area (Å²) in [5.41, 5.74) is 9.96. The average Bonchev–Trinajstić information content (AvgIpc) is 3.23. The van der Waals surface area contributed by atoms with Crippen LogP contribution in [-0.2, 0) is 29.4 Å². The van der Waals surface area contributed by atoms with Crippen molar-refractivity contribution in [2.45, 2.75) is 45.3 Å². The average molecular weight is 451 g/mol. The molecule has 0 fully saturated rings. The molecule has 0 amide bonds. The minimum atomic E-state index is -3.39. The summed E-state index contributed by atoms with van der Waals surface area (Å²) in [6.45, 7) is 2.21. The van der Waals surface area contributed by atoms with Crippen LogP contribution in [0.4, 0.5) is 14.6 Å². The minimum Gasteiger partial charge on any atom is -0.382 e. The van der Waals surface area contributed by atoms with Crippen molar-refractivity contribution in [3.63, 3.8) is 0 Å². The Bertz CT molecular complexity index is 1260. The molecule has 0 aliphatic heterocycles. The smallest absolute Gasteiger partial charge is 0.312 e. The number of nitrogens with zero attached hydrogens (tertiary/aromatic N) is 4. The third-order valence-electron chi connectivity index (χ3n) is 5.73. The number of aryl methyl sites for hydroxylation is 3. The lowest BCUT2D eigenvalue weighted by atomic mass is 9.98.